The highest BCUT2D eigenvalue weighted by Gasteiger charge is 2.36. The Hall–Kier alpha value is -1.10. The monoisotopic (exact) mass is 269 g/mol. The molecule has 0 bridgehead atoms. The van der Waals surface area contributed by atoms with Gasteiger partial charge in [-0.1, -0.05) is 27.2 Å². The molecule has 0 aromatic rings. The molecule has 110 valence electrons. The van der Waals surface area contributed by atoms with E-state index in [-0.39, 0.29) is 30.3 Å². The summed E-state index contributed by atoms with van der Waals surface area (Å²) in [5.74, 6) is -0.0673. The summed E-state index contributed by atoms with van der Waals surface area (Å²) in [4.78, 5) is 25.3. The summed E-state index contributed by atoms with van der Waals surface area (Å²) in [6.07, 6.45) is 2.98. The summed E-state index contributed by atoms with van der Waals surface area (Å²) in [6.45, 7) is 6.65. The minimum Gasteiger partial charge on any atom is -0.368 e. The molecule has 1 aliphatic rings. The maximum atomic E-state index is 12.6. The average molecular weight is 269 g/mol. The van der Waals surface area contributed by atoms with Crippen LogP contribution in [-0.4, -0.2) is 35.8 Å². The summed E-state index contributed by atoms with van der Waals surface area (Å²) in [7, 11) is 0. The fourth-order valence-corrected chi connectivity index (χ4v) is 2.96. The zero-order valence-corrected chi connectivity index (χ0v) is 12.3. The molecule has 19 heavy (non-hydrogen) atoms. The van der Waals surface area contributed by atoms with E-state index in [0.29, 0.717) is 12.5 Å². The second-order valence-corrected chi connectivity index (χ2v) is 6.18. The van der Waals surface area contributed by atoms with Crippen molar-refractivity contribution < 1.29 is 9.59 Å². The zero-order chi connectivity index (χ0) is 14.6. The summed E-state index contributed by atoms with van der Waals surface area (Å²) in [5, 5.41) is 0. The van der Waals surface area contributed by atoms with Gasteiger partial charge >= 0.3 is 0 Å². The van der Waals surface area contributed by atoms with Gasteiger partial charge < -0.3 is 16.4 Å². The minimum atomic E-state index is -0.467. The number of carbonyl (C=O) groups excluding carboxylic acids is 2. The van der Waals surface area contributed by atoms with E-state index >= 15 is 0 Å². The Kier molecular flexibility index (Phi) is 5.79. The van der Waals surface area contributed by atoms with Crippen molar-refractivity contribution in [1.82, 2.24) is 4.90 Å². The van der Waals surface area contributed by atoms with Gasteiger partial charge in [-0.25, -0.2) is 0 Å². The number of rotatable bonds is 5. The smallest absolute Gasteiger partial charge is 0.237 e. The first-order valence-electron chi connectivity index (χ1n) is 7.15. The Morgan fingerprint density at radius 1 is 1.32 bits per heavy atom. The molecule has 5 nitrogen and oxygen atoms in total. The Labute approximate surface area is 115 Å². The summed E-state index contributed by atoms with van der Waals surface area (Å²) in [5.41, 5.74) is 11.3. The molecule has 0 aliphatic heterocycles. The van der Waals surface area contributed by atoms with E-state index in [2.05, 4.69) is 6.92 Å². The highest BCUT2D eigenvalue weighted by Crippen LogP contribution is 2.30. The maximum Gasteiger partial charge on any atom is 0.237 e. The van der Waals surface area contributed by atoms with E-state index in [1.165, 1.54) is 0 Å². The first-order valence-corrected chi connectivity index (χ1v) is 7.15. The largest absolute Gasteiger partial charge is 0.368 e. The van der Waals surface area contributed by atoms with E-state index < -0.39 is 5.91 Å². The first-order chi connectivity index (χ1) is 8.82. The van der Waals surface area contributed by atoms with E-state index in [9.17, 15) is 9.59 Å². The maximum absolute atomic E-state index is 12.6. The number of nitrogens with zero attached hydrogens (tertiary/aromatic N) is 1. The van der Waals surface area contributed by atoms with Crippen LogP contribution in [0.15, 0.2) is 0 Å². The number of nitrogens with two attached hydrogens (primary N) is 2. The molecule has 2 amide bonds. The van der Waals surface area contributed by atoms with Crippen LogP contribution in [0, 0.1) is 17.8 Å². The number of carbonyl (C=O) groups is 2. The molecule has 0 aromatic carbocycles. The standard InChI is InChI=1S/C14H27N3O2/c1-9(2)7-17(8-12(16)18)14(19)13-10(3)5-4-6-11(13)15/h9-11,13H,4-8,15H2,1-3H3,(H2,16,18). The molecule has 1 rings (SSSR count). The zero-order valence-electron chi connectivity index (χ0n) is 12.3. The molecule has 0 spiro atoms. The average Bonchev–Trinajstić information content (AvgIpc) is 2.26. The lowest BCUT2D eigenvalue weighted by atomic mass is 9.76. The van der Waals surface area contributed by atoms with Crippen molar-refractivity contribution in [2.75, 3.05) is 13.1 Å². The number of hydrogen-bond acceptors (Lipinski definition) is 3. The quantitative estimate of drug-likeness (QED) is 0.770. The SMILES string of the molecule is CC(C)CN(CC(N)=O)C(=O)C1C(C)CCCC1N. The van der Waals surface area contributed by atoms with Crippen LogP contribution in [0.3, 0.4) is 0 Å². The summed E-state index contributed by atoms with van der Waals surface area (Å²) < 4.78 is 0. The van der Waals surface area contributed by atoms with Crippen LogP contribution in [0.25, 0.3) is 0 Å². The van der Waals surface area contributed by atoms with Crippen molar-refractivity contribution in [2.24, 2.45) is 29.2 Å². The molecule has 0 radical (unpaired) electrons. The third-order valence-electron chi connectivity index (χ3n) is 3.80. The number of hydrogen-bond donors (Lipinski definition) is 2. The van der Waals surface area contributed by atoms with Gasteiger partial charge in [0.1, 0.15) is 0 Å². The Morgan fingerprint density at radius 2 is 1.95 bits per heavy atom. The van der Waals surface area contributed by atoms with Gasteiger partial charge in [-0.3, -0.25) is 9.59 Å². The van der Waals surface area contributed by atoms with Crippen molar-refractivity contribution in [2.45, 2.75) is 46.1 Å². The molecular formula is C14H27N3O2. The van der Waals surface area contributed by atoms with Crippen LogP contribution >= 0.6 is 0 Å². The van der Waals surface area contributed by atoms with Crippen LogP contribution < -0.4 is 11.5 Å². The fraction of sp³-hybridized carbons (Fsp3) is 0.857. The molecule has 1 aliphatic carbocycles. The molecule has 5 heteroatoms. The second-order valence-electron chi connectivity index (χ2n) is 6.18. The van der Waals surface area contributed by atoms with Gasteiger partial charge in [-0.05, 0) is 24.7 Å². The summed E-state index contributed by atoms with van der Waals surface area (Å²) >= 11 is 0. The molecule has 3 unspecified atom stereocenters. The van der Waals surface area contributed by atoms with Gasteiger partial charge in [0.15, 0.2) is 0 Å². The van der Waals surface area contributed by atoms with E-state index in [4.69, 9.17) is 11.5 Å². The lowest BCUT2D eigenvalue weighted by Gasteiger charge is -2.37. The van der Waals surface area contributed by atoms with Crippen LogP contribution in [0.2, 0.25) is 0 Å². The van der Waals surface area contributed by atoms with E-state index in [1.807, 2.05) is 13.8 Å². The van der Waals surface area contributed by atoms with Gasteiger partial charge in [0, 0.05) is 12.6 Å². The fourth-order valence-electron chi connectivity index (χ4n) is 2.96. The van der Waals surface area contributed by atoms with Crippen molar-refractivity contribution in [1.29, 1.82) is 0 Å². The highest BCUT2D eigenvalue weighted by molar-refractivity contribution is 5.85. The third kappa shape index (κ3) is 4.49. The third-order valence-corrected chi connectivity index (χ3v) is 3.80. The van der Waals surface area contributed by atoms with E-state index in [0.717, 1.165) is 19.3 Å². The normalized spacial score (nSPS) is 27.3. The number of amides is 2. The molecule has 4 N–H and O–H groups in total. The van der Waals surface area contributed by atoms with Crippen molar-refractivity contribution in [3.63, 3.8) is 0 Å². The van der Waals surface area contributed by atoms with Crippen molar-refractivity contribution >= 4 is 11.8 Å². The van der Waals surface area contributed by atoms with Crippen LogP contribution in [0.4, 0.5) is 0 Å². The van der Waals surface area contributed by atoms with Gasteiger partial charge in [0.05, 0.1) is 12.5 Å². The molecule has 0 aromatic heterocycles. The lowest BCUT2D eigenvalue weighted by molar-refractivity contribution is -0.142. The Bertz CT molecular complexity index is 321. The van der Waals surface area contributed by atoms with Crippen molar-refractivity contribution in [3.8, 4) is 0 Å². The first kappa shape index (κ1) is 16.0. The number of primary amides is 1. The van der Waals surface area contributed by atoms with Gasteiger partial charge in [0.2, 0.25) is 11.8 Å². The van der Waals surface area contributed by atoms with Crippen LogP contribution in [0.5, 0.6) is 0 Å². The van der Waals surface area contributed by atoms with Crippen LogP contribution in [-0.2, 0) is 9.59 Å². The predicted octanol–water partition coefficient (Wildman–Crippen LogP) is 0.720. The topological polar surface area (TPSA) is 89.4 Å². The lowest BCUT2D eigenvalue weighted by Crippen LogP contribution is -2.51. The highest BCUT2D eigenvalue weighted by atomic mass is 16.2. The second kappa shape index (κ2) is 6.89. The molecular weight excluding hydrogens is 242 g/mol. The van der Waals surface area contributed by atoms with Gasteiger partial charge in [-0.15, -0.1) is 0 Å². The predicted molar refractivity (Wildman–Crippen MR) is 75.1 cm³/mol. The molecule has 3 atom stereocenters. The molecule has 1 fully saturated rings. The summed E-state index contributed by atoms with van der Waals surface area (Å²) in [6, 6.07) is -0.0983. The Morgan fingerprint density at radius 3 is 2.42 bits per heavy atom. The Balaban J connectivity index is 2.81. The molecule has 1 saturated carbocycles. The van der Waals surface area contributed by atoms with Gasteiger partial charge in [-0.2, -0.15) is 0 Å². The minimum absolute atomic E-state index is 0.00699. The molecule has 0 heterocycles. The van der Waals surface area contributed by atoms with Crippen LogP contribution in [0.1, 0.15) is 40.0 Å². The van der Waals surface area contributed by atoms with E-state index in [1.54, 1.807) is 4.90 Å². The molecule has 0 saturated heterocycles. The van der Waals surface area contributed by atoms with Gasteiger partial charge in [0.25, 0.3) is 0 Å². The van der Waals surface area contributed by atoms with Crippen molar-refractivity contribution in [3.05, 3.63) is 0 Å².